The van der Waals surface area contributed by atoms with E-state index in [0.29, 0.717) is 5.69 Å². The zero-order chi connectivity index (χ0) is 12.5. The molecule has 2 aromatic heterocycles. The highest BCUT2D eigenvalue weighted by atomic mass is 19.4. The molecule has 0 saturated carbocycles. The maximum absolute atomic E-state index is 12.7. The predicted octanol–water partition coefficient (Wildman–Crippen LogP) is 2.87. The molecule has 3 nitrogen and oxygen atoms in total. The van der Waals surface area contributed by atoms with E-state index >= 15 is 0 Å². The molecule has 0 saturated heterocycles. The lowest BCUT2D eigenvalue weighted by Crippen LogP contribution is -2.10. The van der Waals surface area contributed by atoms with Gasteiger partial charge >= 0.3 is 6.18 Å². The summed E-state index contributed by atoms with van der Waals surface area (Å²) in [5.41, 5.74) is -0.201. The number of aromatic nitrogens is 3. The van der Waals surface area contributed by atoms with Gasteiger partial charge in [-0.3, -0.25) is 4.98 Å². The molecule has 2 rings (SSSR count). The minimum Gasteiger partial charge on any atom is -0.251 e. The van der Waals surface area contributed by atoms with Gasteiger partial charge in [0.1, 0.15) is 0 Å². The van der Waals surface area contributed by atoms with Crippen LogP contribution in [0.15, 0.2) is 30.5 Å². The van der Waals surface area contributed by atoms with Gasteiger partial charge in [-0.05, 0) is 31.2 Å². The minimum atomic E-state index is -4.50. The maximum Gasteiger partial charge on any atom is 0.434 e. The highest BCUT2D eigenvalue weighted by Crippen LogP contribution is 2.34. The van der Waals surface area contributed by atoms with Crippen molar-refractivity contribution in [2.24, 2.45) is 0 Å². The van der Waals surface area contributed by atoms with E-state index in [-0.39, 0.29) is 11.3 Å². The number of hydrogen-bond donors (Lipinski definition) is 0. The van der Waals surface area contributed by atoms with Crippen LogP contribution in [0.2, 0.25) is 0 Å². The summed E-state index contributed by atoms with van der Waals surface area (Å²) in [6.45, 7) is 1.71. The van der Waals surface area contributed by atoms with Gasteiger partial charge in [0, 0.05) is 11.8 Å². The summed E-state index contributed by atoms with van der Waals surface area (Å²) >= 11 is 0. The number of aryl methyl sites for hydroxylation is 1. The van der Waals surface area contributed by atoms with Crippen LogP contribution in [0.3, 0.4) is 0 Å². The second-order valence-corrected chi connectivity index (χ2v) is 3.46. The molecule has 0 bridgehead atoms. The number of hydrogen-bond acceptors (Lipinski definition) is 3. The Labute approximate surface area is 95.3 Å². The Morgan fingerprint density at radius 1 is 1.06 bits per heavy atom. The summed E-state index contributed by atoms with van der Waals surface area (Å²) in [7, 11) is 0. The molecule has 0 aliphatic rings. The number of pyridine rings is 1. The van der Waals surface area contributed by atoms with Crippen molar-refractivity contribution in [3.05, 3.63) is 41.9 Å². The number of nitrogens with zero attached hydrogens (tertiary/aromatic N) is 3. The van der Waals surface area contributed by atoms with Crippen molar-refractivity contribution in [2.45, 2.75) is 13.1 Å². The second-order valence-electron chi connectivity index (χ2n) is 3.46. The van der Waals surface area contributed by atoms with Crippen LogP contribution < -0.4 is 0 Å². The minimum absolute atomic E-state index is 0.0625. The first kappa shape index (κ1) is 11.5. The molecule has 17 heavy (non-hydrogen) atoms. The SMILES string of the molecule is Cc1ccc(-c2cccnc2C(F)(F)F)nn1. The summed E-state index contributed by atoms with van der Waals surface area (Å²) < 4.78 is 38.1. The van der Waals surface area contributed by atoms with E-state index in [1.165, 1.54) is 18.2 Å². The molecular weight excluding hydrogens is 231 g/mol. The Kier molecular flexibility index (Phi) is 2.79. The number of alkyl halides is 3. The molecule has 6 heteroatoms. The summed E-state index contributed by atoms with van der Waals surface area (Å²) in [6, 6.07) is 5.87. The van der Waals surface area contributed by atoms with Gasteiger partial charge in [0.15, 0.2) is 5.69 Å². The van der Waals surface area contributed by atoms with Gasteiger partial charge in [-0.1, -0.05) is 0 Å². The third-order valence-corrected chi connectivity index (χ3v) is 2.15. The predicted molar refractivity (Wildman–Crippen MR) is 55.0 cm³/mol. The van der Waals surface area contributed by atoms with Gasteiger partial charge in [0.25, 0.3) is 0 Å². The Morgan fingerprint density at radius 3 is 2.41 bits per heavy atom. The maximum atomic E-state index is 12.7. The van der Waals surface area contributed by atoms with Crippen molar-refractivity contribution in [1.82, 2.24) is 15.2 Å². The van der Waals surface area contributed by atoms with Crippen LogP contribution in [-0.4, -0.2) is 15.2 Å². The van der Waals surface area contributed by atoms with Crippen LogP contribution in [0, 0.1) is 6.92 Å². The van der Waals surface area contributed by atoms with E-state index in [1.54, 1.807) is 13.0 Å². The standard InChI is InChI=1S/C11H8F3N3/c1-7-4-5-9(17-16-7)8-3-2-6-15-10(8)11(12,13)14/h2-6H,1H3. The Morgan fingerprint density at radius 2 is 1.82 bits per heavy atom. The monoisotopic (exact) mass is 239 g/mol. The van der Waals surface area contributed by atoms with E-state index in [0.717, 1.165) is 6.20 Å². The third-order valence-electron chi connectivity index (χ3n) is 2.15. The molecule has 0 unspecified atom stereocenters. The molecular formula is C11H8F3N3. The first-order valence-corrected chi connectivity index (χ1v) is 4.81. The molecule has 0 N–H and O–H groups in total. The molecule has 0 radical (unpaired) electrons. The van der Waals surface area contributed by atoms with Crippen molar-refractivity contribution in [3.8, 4) is 11.3 Å². The van der Waals surface area contributed by atoms with Gasteiger partial charge < -0.3 is 0 Å². The van der Waals surface area contributed by atoms with Crippen molar-refractivity contribution >= 4 is 0 Å². The van der Waals surface area contributed by atoms with Crippen LogP contribution in [0.25, 0.3) is 11.3 Å². The van der Waals surface area contributed by atoms with Crippen molar-refractivity contribution in [2.75, 3.05) is 0 Å². The molecule has 0 fully saturated rings. The lowest BCUT2D eigenvalue weighted by Gasteiger charge is -2.10. The van der Waals surface area contributed by atoms with Crippen LogP contribution in [0.1, 0.15) is 11.4 Å². The molecule has 88 valence electrons. The fraction of sp³-hybridized carbons (Fsp3) is 0.182. The van der Waals surface area contributed by atoms with Gasteiger partial charge in [-0.2, -0.15) is 23.4 Å². The summed E-state index contributed by atoms with van der Waals surface area (Å²) in [5, 5.41) is 7.47. The fourth-order valence-electron chi connectivity index (χ4n) is 1.38. The van der Waals surface area contributed by atoms with E-state index < -0.39 is 11.9 Å². The third kappa shape index (κ3) is 2.41. The van der Waals surface area contributed by atoms with Crippen LogP contribution in [0.4, 0.5) is 13.2 Å². The first-order chi connectivity index (χ1) is 7.98. The van der Waals surface area contributed by atoms with Gasteiger partial charge in [0.05, 0.1) is 11.4 Å². The Hall–Kier alpha value is -1.98. The lowest BCUT2D eigenvalue weighted by molar-refractivity contribution is -0.140. The van der Waals surface area contributed by atoms with Gasteiger partial charge in [0.2, 0.25) is 0 Å². The van der Waals surface area contributed by atoms with Gasteiger partial charge in [-0.15, -0.1) is 0 Å². The highest BCUT2D eigenvalue weighted by molar-refractivity contribution is 5.61. The Bertz CT molecular complexity index is 520. The summed E-state index contributed by atoms with van der Waals surface area (Å²) in [5.74, 6) is 0. The smallest absolute Gasteiger partial charge is 0.251 e. The normalized spacial score (nSPS) is 11.5. The van der Waals surface area contributed by atoms with E-state index in [2.05, 4.69) is 15.2 Å². The average Bonchev–Trinajstić information content (AvgIpc) is 2.29. The van der Waals surface area contributed by atoms with Crippen LogP contribution in [0.5, 0.6) is 0 Å². The molecule has 2 heterocycles. The summed E-state index contributed by atoms with van der Waals surface area (Å²) in [4.78, 5) is 3.36. The first-order valence-electron chi connectivity index (χ1n) is 4.81. The fourth-order valence-corrected chi connectivity index (χ4v) is 1.38. The molecule has 0 aromatic carbocycles. The zero-order valence-electron chi connectivity index (χ0n) is 8.86. The van der Waals surface area contributed by atoms with Crippen molar-refractivity contribution in [1.29, 1.82) is 0 Å². The van der Waals surface area contributed by atoms with Gasteiger partial charge in [-0.25, -0.2) is 0 Å². The van der Waals surface area contributed by atoms with E-state index in [9.17, 15) is 13.2 Å². The topological polar surface area (TPSA) is 38.7 Å². The summed E-state index contributed by atoms with van der Waals surface area (Å²) in [6.07, 6.45) is -3.39. The average molecular weight is 239 g/mol. The Balaban J connectivity index is 2.56. The largest absolute Gasteiger partial charge is 0.434 e. The molecule has 0 amide bonds. The quantitative estimate of drug-likeness (QED) is 0.768. The molecule has 0 aliphatic heterocycles. The molecule has 0 aliphatic carbocycles. The molecule has 0 spiro atoms. The highest BCUT2D eigenvalue weighted by Gasteiger charge is 2.35. The van der Waals surface area contributed by atoms with Crippen LogP contribution in [-0.2, 0) is 6.18 Å². The number of rotatable bonds is 1. The second kappa shape index (κ2) is 4.12. The van der Waals surface area contributed by atoms with E-state index in [4.69, 9.17) is 0 Å². The lowest BCUT2D eigenvalue weighted by atomic mass is 10.1. The zero-order valence-corrected chi connectivity index (χ0v) is 8.86. The molecule has 2 aromatic rings. The van der Waals surface area contributed by atoms with Crippen LogP contribution >= 0.6 is 0 Å². The van der Waals surface area contributed by atoms with Crippen molar-refractivity contribution < 1.29 is 13.2 Å². The van der Waals surface area contributed by atoms with Crippen molar-refractivity contribution in [3.63, 3.8) is 0 Å². The number of halogens is 3. The molecule has 0 atom stereocenters. The van der Waals surface area contributed by atoms with E-state index in [1.807, 2.05) is 0 Å².